The van der Waals surface area contributed by atoms with E-state index >= 15 is 0 Å². The Hall–Kier alpha value is -0.440. The smallest absolute Gasteiger partial charge is 0.189 e. The molecule has 0 aromatic carbocycles. The molecule has 0 saturated heterocycles. The third-order valence-electron chi connectivity index (χ3n) is 2.32. The summed E-state index contributed by atoms with van der Waals surface area (Å²) in [6, 6.07) is 0.386. The number of halogens is 1. The predicted octanol–water partition coefficient (Wildman–Crippen LogP) is 2.75. The summed E-state index contributed by atoms with van der Waals surface area (Å²) in [5, 5.41) is 3.17. The van der Waals surface area contributed by atoms with Crippen LogP contribution in [0.4, 0.5) is 0 Å². The molecular weight excluding hydrogens is 325 g/mol. The first kappa shape index (κ1) is 18.9. The van der Waals surface area contributed by atoms with Crippen LogP contribution in [0.25, 0.3) is 0 Å². The van der Waals surface area contributed by atoms with E-state index in [2.05, 4.69) is 42.9 Å². The summed E-state index contributed by atoms with van der Waals surface area (Å²) >= 11 is 0. The van der Waals surface area contributed by atoms with Crippen LogP contribution in [0.5, 0.6) is 0 Å². The van der Waals surface area contributed by atoms with Crippen molar-refractivity contribution in [1.82, 2.24) is 5.32 Å². The molecule has 0 spiro atoms. The van der Waals surface area contributed by atoms with Gasteiger partial charge in [0, 0.05) is 6.04 Å². The summed E-state index contributed by atoms with van der Waals surface area (Å²) < 4.78 is 0. The van der Waals surface area contributed by atoms with Crippen molar-refractivity contribution >= 4 is 29.9 Å². The highest BCUT2D eigenvalue weighted by atomic mass is 127. The van der Waals surface area contributed by atoms with Gasteiger partial charge in [0.05, 0.1) is 0 Å². The number of nitrogens with zero attached hydrogens (tertiary/aromatic N) is 1. The van der Waals surface area contributed by atoms with Gasteiger partial charge >= 0.3 is 0 Å². The molecule has 3 N–H and O–H groups in total. The summed E-state index contributed by atoms with van der Waals surface area (Å²) in [5.41, 5.74) is 5.72. The number of nitrogens with two attached hydrogens (primary N) is 1. The zero-order valence-electron chi connectivity index (χ0n) is 11.4. The van der Waals surface area contributed by atoms with E-state index in [1.807, 2.05) is 0 Å². The second-order valence-corrected chi connectivity index (χ2v) is 4.50. The topological polar surface area (TPSA) is 50.4 Å². The molecule has 100 valence electrons. The lowest BCUT2D eigenvalue weighted by molar-refractivity contribution is 0.493. The van der Waals surface area contributed by atoms with Crippen LogP contribution < -0.4 is 11.1 Å². The number of nitrogens with one attached hydrogen (secondary N) is 1. The van der Waals surface area contributed by atoms with E-state index in [0.717, 1.165) is 12.3 Å². The number of aliphatic imine (C=N–C) groups is 1. The van der Waals surface area contributed by atoms with E-state index in [-0.39, 0.29) is 24.0 Å². The number of hydrogen-bond donors (Lipinski definition) is 2. The maximum absolute atomic E-state index is 5.72. The molecule has 0 bridgehead atoms. The molecule has 0 aliphatic carbocycles. The van der Waals surface area contributed by atoms with Crippen molar-refractivity contribution in [3.05, 3.63) is 0 Å². The van der Waals surface area contributed by atoms with Crippen LogP contribution in [-0.4, -0.2) is 18.5 Å². The van der Waals surface area contributed by atoms with E-state index in [1.165, 1.54) is 12.8 Å². The van der Waals surface area contributed by atoms with Crippen LogP contribution in [-0.2, 0) is 0 Å². The predicted molar refractivity (Wildman–Crippen MR) is 86.6 cm³/mol. The molecule has 0 fully saturated rings. The Kier molecular flexibility index (Phi) is 13.4. The van der Waals surface area contributed by atoms with Crippen molar-refractivity contribution in [1.29, 1.82) is 0 Å². The zero-order chi connectivity index (χ0) is 12.4. The molecule has 0 saturated carbocycles. The molecule has 0 amide bonds. The molecule has 3 nitrogen and oxygen atoms in total. The van der Waals surface area contributed by atoms with Crippen LogP contribution in [0.15, 0.2) is 4.99 Å². The standard InChI is InChI=1S/C13H25N3.HI/c1-5-6-10-15-13(14)16-12(4)9-7-8-11(2)3;/h11-12H,7-10H2,1-4H3,(H3,14,15,16);1H. The molecule has 0 radical (unpaired) electrons. The van der Waals surface area contributed by atoms with Crippen molar-refractivity contribution in [3.8, 4) is 11.8 Å². The van der Waals surface area contributed by atoms with Crippen LogP contribution in [0, 0.1) is 17.8 Å². The van der Waals surface area contributed by atoms with Gasteiger partial charge in [-0.15, -0.1) is 29.9 Å². The Morgan fingerprint density at radius 1 is 1.29 bits per heavy atom. The lowest BCUT2D eigenvalue weighted by Gasteiger charge is -2.14. The molecular formula is C13H26IN3. The molecule has 0 aliphatic heterocycles. The fourth-order valence-corrected chi connectivity index (χ4v) is 1.41. The van der Waals surface area contributed by atoms with Crippen LogP contribution in [0.1, 0.15) is 47.0 Å². The van der Waals surface area contributed by atoms with E-state index < -0.39 is 0 Å². The average Bonchev–Trinajstić information content (AvgIpc) is 2.17. The highest BCUT2D eigenvalue weighted by Gasteiger charge is 2.03. The zero-order valence-corrected chi connectivity index (χ0v) is 13.7. The first-order valence-electron chi connectivity index (χ1n) is 6.02. The van der Waals surface area contributed by atoms with Gasteiger partial charge in [0.2, 0.25) is 0 Å². The van der Waals surface area contributed by atoms with E-state index in [4.69, 9.17) is 5.73 Å². The van der Waals surface area contributed by atoms with Gasteiger partial charge in [-0.2, -0.15) is 0 Å². The normalized spacial score (nSPS) is 12.4. The minimum absolute atomic E-state index is 0. The van der Waals surface area contributed by atoms with E-state index in [1.54, 1.807) is 6.92 Å². The van der Waals surface area contributed by atoms with Gasteiger partial charge < -0.3 is 11.1 Å². The van der Waals surface area contributed by atoms with Gasteiger partial charge in [0.1, 0.15) is 6.54 Å². The average molecular weight is 351 g/mol. The highest BCUT2D eigenvalue weighted by molar-refractivity contribution is 14.0. The number of rotatable bonds is 6. The van der Waals surface area contributed by atoms with Gasteiger partial charge in [-0.3, -0.25) is 0 Å². The second-order valence-electron chi connectivity index (χ2n) is 4.50. The van der Waals surface area contributed by atoms with Gasteiger partial charge in [0.15, 0.2) is 5.96 Å². The summed E-state index contributed by atoms with van der Waals surface area (Å²) in [5.74, 6) is 6.91. The third kappa shape index (κ3) is 13.5. The fourth-order valence-electron chi connectivity index (χ4n) is 1.41. The molecule has 4 heteroatoms. The number of hydrogen-bond acceptors (Lipinski definition) is 1. The summed E-state index contributed by atoms with van der Waals surface area (Å²) in [6.07, 6.45) is 3.63. The van der Waals surface area contributed by atoms with Crippen LogP contribution in [0.2, 0.25) is 0 Å². The first-order valence-corrected chi connectivity index (χ1v) is 6.02. The quantitative estimate of drug-likeness (QED) is 0.335. The molecule has 0 aromatic heterocycles. The lowest BCUT2D eigenvalue weighted by atomic mass is 10.0. The Morgan fingerprint density at radius 2 is 1.94 bits per heavy atom. The fraction of sp³-hybridized carbons (Fsp3) is 0.769. The van der Waals surface area contributed by atoms with Gasteiger partial charge in [0.25, 0.3) is 0 Å². The van der Waals surface area contributed by atoms with Crippen molar-refractivity contribution in [3.63, 3.8) is 0 Å². The van der Waals surface area contributed by atoms with Crippen molar-refractivity contribution in [2.24, 2.45) is 16.6 Å². The molecule has 0 rings (SSSR count). The molecule has 1 unspecified atom stereocenters. The molecule has 17 heavy (non-hydrogen) atoms. The van der Waals surface area contributed by atoms with Crippen molar-refractivity contribution < 1.29 is 0 Å². The Bertz CT molecular complexity index is 264. The van der Waals surface area contributed by atoms with Gasteiger partial charge in [-0.1, -0.05) is 32.6 Å². The maximum Gasteiger partial charge on any atom is 0.189 e. The molecule has 0 heterocycles. The third-order valence-corrected chi connectivity index (χ3v) is 2.32. The largest absolute Gasteiger partial charge is 0.370 e. The van der Waals surface area contributed by atoms with Crippen molar-refractivity contribution in [2.45, 2.75) is 53.0 Å². The minimum atomic E-state index is 0. The Morgan fingerprint density at radius 3 is 2.47 bits per heavy atom. The maximum atomic E-state index is 5.72. The first-order chi connectivity index (χ1) is 7.56. The number of guanidine groups is 1. The summed E-state index contributed by atoms with van der Waals surface area (Å²) in [4.78, 5) is 4.11. The molecule has 1 atom stereocenters. The van der Waals surface area contributed by atoms with Gasteiger partial charge in [-0.25, -0.2) is 4.99 Å². The van der Waals surface area contributed by atoms with Crippen LogP contribution >= 0.6 is 24.0 Å². The Balaban J connectivity index is 0. The monoisotopic (exact) mass is 351 g/mol. The summed E-state index contributed by atoms with van der Waals surface area (Å²) in [6.45, 7) is 8.91. The molecule has 0 aliphatic rings. The van der Waals surface area contributed by atoms with E-state index in [0.29, 0.717) is 18.5 Å². The Labute approximate surface area is 123 Å². The SMILES string of the molecule is CC#CCN=C(N)NC(C)CCCC(C)C.I. The van der Waals surface area contributed by atoms with Gasteiger partial charge in [-0.05, 0) is 26.2 Å². The highest BCUT2D eigenvalue weighted by Crippen LogP contribution is 2.07. The summed E-state index contributed by atoms with van der Waals surface area (Å²) in [7, 11) is 0. The second kappa shape index (κ2) is 12.0. The minimum Gasteiger partial charge on any atom is -0.370 e. The molecule has 0 aromatic rings. The van der Waals surface area contributed by atoms with Crippen LogP contribution in [0.3, 0.4) is 0 Å². The lowest BCUT2D eigenvalue weighted by Crippen LogP contribution is -2.38. The van der Waals surface area contributed by atoms with E-state index in [9.17, 15) is 0 Å². The van der Waals surface area contributed by atoms with Crippen molar-refractivity contribution in [2.75, 3.05) is 6.54 Å².